The molecule has 0 fully saturated rings. The van der Waals surface area contributed by atoms with Crippen molar-refractivity contribution in [1.29, 1.82) is 0 Å². The van der Waals surface area contributed by atoms with E-state index in [4.69, 9.17) is 16.7 Å². The zero-order chi connectivity index (χ0) is 14.3. The number of aromatic amines is 1. The van der Waals surface area contributed by atoms with Crippen molar-refractivity contribution in [2.75, 3.05) is 0 Å². The topological polar surface area (TPSA) is 66.0 Å². The average molecular weight is 287 g/mol. The van der Waals surface area contributed by atoms with E-state index in [2.05, 4.69) is 10.2 Å². The van der Waals surface area contributed by atoms with E-state index in [1.165, 1.54) is 0 Å². The summed E-state index contributed by atoms with van der Waals surface area (Å²) in [6, 6.07) is 10.5. The maximum absolute atomic E-state index is 11.1. The van der Waals surface area contributed by atoms with Crippen LogP contribution in [0.3, 0.4) is 0 Å². The number of benzene rings is 2. The van der Waals surface area contributed by atoms with E-state index in [9.17, 15) is 4.79 Å². The maximum atomic E-state index is 11.1. The second kappa shape index (κ2) is 4.65. The number of hydrogen-bond acceptors (Lipinski definition) is 2. The van der Waals surface area contributed by atoms with Gasteiger partial charge in [0.25, 0.3) is 0 Å². The Morgan fingerprint density at radius 3 is 2.85 bits per heavy atom. The van der Waals surface area contributed by atoms with Crippen LogP contribution in [0.2, 0.25) is 5.02 Å². The molecule has 0 aliphatic heterocycles. The monoisotopic (exact) mass is 286 g/mol. The van der Waals surface area contributed by atoms with Gasteiger partial charge in [-0.3, -0.25) is 5.10 Å². The lowest BCUT2D eigenvalue weighted by molar-refractivity contribution is 0.0697. The van der Waals surface area contributed by atoms with Gasteiger partial charge in [0.05, 0.1) is 11.1 Å². The van der Waals surface area contributed by atoms with Gasteiger partial charge in [0, 0.05) is 16.0 Å². The van der Waals surface area contributed by atoms with Gasteiger partial charge in [-0.15, -0.1) is 0 Å². The zero-order valence-corrected chi connectivity index (χ0v) is 11.4. The Morgan fingerprint density at radius 1 is 1.30 bits per heavy atom. The van der Waals surface area contributed by atoms with Crippen LogP contribution in [-0.2, 0) is 0 Å². The van der Waals surface area contributed by atoms with E-state index in [0.29, 0.717) is 10.7 Å². The van der Waals surface area contributed by atoms with Gasteiger partial charge in [0.15, 0.2) is 0 Å². The second-order valence-electron chi connectivity index (χ2n) is 4.55. The van der Waals surface area contributed by atoms with Crippen molar-refractivity contribution in [2.45, 2.75) is 6.92 Å². The Kier molecular flexibility index (Phi) is 2.95. The van der Waals surface area contributed by atoms with Crippen molar-refractivity contribution in [3.05, 3.63) is 52.5 Å². The van der Waals surface area contributed by atoms with Crippen molar-refractivity contribution < 1.29 is 9.90 Å². The van der Waals surface area contributed by atoms with Gasteiger partial charge >= 0.3 is 5.97 Å². The number of carboxylic acids is 1. The first-order chi connectivity index (χ1) is 9.58. The number of fused-ring (bicyclic) bond motifs is 1. The first kappa shape index (κ1) is 12.7. The molecule has 0 bridgehead atoms. The van der Waals surface area contributed by atoms with Crippen LogP contribution in [0.15, 0.2) is 36.4 Å². The minimum atomic E-state index is -0.957. The van der Waals surface area contributed by atoms with Gasteiger partial charge in [-0.05, 0) is 36.8 Å². The Labute approximate surface area is 120 Å². The predicted octanol–water partition coefficient (Wildman–Crippen LogP) is 3.89. The fourth-order valence-electron chi connectivity index (χ4n) is 2.22. The fourth-order valence-corrected chi connectivity index (χ4v) is 2.39. The van der Waals surface area contributed by atoms with Crippen LogP contribution in [0.5, 0.6) is 0 Å². The standard InChI is InChI=1S/C15H11ClN2O2/c1-8-10(3-2-4-12(8)16)14-11-7-9(15(19)20)5-6-13(11)17-18-14/h2-7H,1H3,(H,17,18)(H,19,20). The molecule has 3 rings (SSSR count). The number of carboxylic acid groups (broad SMARTS) is 1. The molecule has 100 valence electrons. The van der Waals surface area contributed by atoms with E-state index >= 15 is 0 Å². The first-order valence-corrected chi connectivity index (χ1v) is 6.42. The summed E-state index contributed by atoms with van der Waals surface area (Å²) in [5.74, 6) is -0.957. The van der Waals surface area contributed by atoms with Crippen LogP contribution < -0.4 is 0 Å². The third-order valence-electron chi connectivity index (χ3n) is 3.33. The molecule has 0 atom stereocenters. The van der Waals surface area contributed by atoms with Gasteiger partial charge in [-0.2, -0.15) is 5.10 Å². The summed E-state index contributed by atoms with van der Waals surface area (Å²) >= 11 is 6.13. The van der Waals surface area contributed by atoms with Crippen LogP contribution in [0.1, 0.15) is 15.9 Å². The molecule has 0 aliphatic rings. The van der Waals surface area contributed by atoms with Gasteiger partial charge in [0.1, 0.15) is 5.69 Å². The molecule has 0 saturated carbocycles. The highest BCUT2D eigenvalue weighted by molar-refractivity contribution is 6.31. The first-order valence-electron chi connectivity index (χ1n) is 6.05. The lowest BCUT2D eigenvalue weighted by Gasteiger charge is -2.05. The summed E-state index contributed by atoms with van der Waals surface area (Å²) in [7, 11) is 0. The summed E-state index contributed by atoms with van der Waals surface area (Å²) < 4.78 is 0. The zero-order valence-electron chi connectivity index (χ0n) is 10.6. The SMILES string of the molecule is Cc1c(Cl)cccc1-c1n[nH]c2ccc(C(=O)O)cc12. The molecule has 1 heterocycles. The minimum absolute atomic E-state index is 0.236. The van der Waals surface area contributed by atoms with Crippen LogP contribution in [0.25, 0.3) is 22.2 Å². The lowest BCUT2D eigenvalue weighted by atomic mass is 10.0. The number of H-pyrrole nitrogens is 1. The van der Waals surface area contributed by atoms with E-state index in [-0.39, 0.29) is 5.56 Å². The van der Waals surface area contributed by atoms with E-state index in [1.54, 1.807) is 18.2 Å². The normalized spacial score (nSPS) is 10.9. The third-order valence-corrected chi connectivity index (χ3v) is 3.74. The van der Waals surface area contributed by atoms with Crippen LogP contribution >= 0.6 is 11.6 Å². The molecule has 5 heteroatoms. The highest BCUT2D eigenvalue weighted by atomic mass is 35.5. The quantitative estimate of drug-likeness (QED) is 0.751. The molecule has 0 spiro atoms. The molecule has 0 radical (unpaired) electrons. The lowest BCUT2D eigenvalue weighted by Crippen LogP contribution is -1.95. The van der Waals surface area contributed by atoms with Crippen molar-refractivity contribution in [3.8, 4) is 11.3 Å². The molecule has 20 heavy (non-hydrogen) atoms. The number of halogens is 1. The Morgan fingerprint density at radius 2 is 2.10 bits per heavy atom. The number of carbonyl (C=O) groups is 1. The summed E-state index contributed by atoms with van der Waals surface area (Å²) in [6.07, 6.45) is 0. The summed E-state index contributed by atoms with van der Waals surface area (Å²) in [5.41, 5.74) is 3.56. The molecular weight excluding hydrogens is 276 g/mol. The van der Waals surface area contributed by atoms with Gasteiger partial charge in [0.2, 0.25) is 0 Å². The fraction of sp³-hybridized carbons (Fsp3) is 0.0667. The van der Waals surface area contributed by atoms with Crippen molar-refractivity contribution in [1.82, 2.24) is 10.2 Å². The van der Waals surface area contributed by atoms with Crippen molar-refractivity contribution in [3.63, 3.8) is 0 Å². The van der Waals surface area contributed by atoms with E-state index in [0.717, 1.165) is 22.0 Å². The molecule has 2 aromatic carbocycles. The highest BCUT2D eigenvalue weighted by Crippen LogP contribution is 2.32. The van der Waals surface area contributed by atoms with Crippen LogP contribution in [-0.4, -0.2) is 21.3 Å². The third kappa shape index (κ3) is 1.94. The smallest absolute Gasteiger partial charge is 0.335 e. The summed E-state index contributed by atoms with van der Waals surface area (Å²) in [5, 5.41) is 17.7. The molecule has 4 nitrogen and oxygen atoms in total. The Balaban J connectivity index is 2.28. The highest BCUT2D eigenvalue weighted by Gasteiger charge is 2.13. The second-order valence-corrected chi connectivity index (χ2v) is 4.96. The van der Waals surface area contributed by atoms with Crippen LogP contribution in [0.4, 0.5) is 0 Å². The van der Waals surface area contributed by atoms with Crippen LogP contribution in [0, 0.1) is 6.92 Å². The Hall–Kier alpha value is -2.33. The van der Waals surface area contributed by atoms with E-state index in [1.807, 2.05) is 25.1 Å². The number of aromatic nitrogens is 2. The molecular formula is C15H11ClN2O2. The van der Waals surface area contributed by atoms with Crippen molar-refractivity contribution >= 4 is 28.5 Å². The molecule has 0 saturated heterocycles. The number of rotatable bonds is 2. The number of nitrogens with zero attached hydrogens (tertiary/aromatic N) is 1. The predicted molar refractivity (Wildman–Crippen MR) is 78.2 cm³/mol. The minimum Gasteiger partial charge on any atom is -0.478 e. The van der Waals surface area contributed by atoms with E-state index < -0.39 is 5.97 Å². The van der Waals surface area contributed by atoms with Gasteiger partial charge < -0.3 is 5.11 Å². The summed E-state index contributed by atoms with van der Waals surface area (Å²) in [6.45, 7) is 1.92. The van der Waals surface area contributed by atoms with Gasteiger partial charge in [-0.1, -0.05) is 23.7 Å². The number of aromatic carboxylic acids is 1. The molecule has 3 aromatic rings. The molecule has 1 aromatic heterocycles. The maximum Gasteiger partial charge on any atom is 0.335 e. The molecule has 0 aliphatic carbocycles. The summed E-state index contributed by atoms with van der Waals surface area (Å²) in [4.78, 5) is 11.1. The largest absolute Gasteiger partial charge is 0.478 e. The Bertz CT molecular complexity index is 824. The van der Waals surface area contributed by atoms with Gasteiger partial charge in [-0.25, -0.2) is 4.79 Å². The molecule has 2 N–H and O–H groups in total. The number of nitrogens with one attached hydrogen (secondary N) is 1. The molecule has 0 unspecified atom stereocenters. The average Bonchev–Trinajstić information content (AvgIpc) is 2.84. The molecule has 0 amide bonds. The van der Waals surface area contributed by atoms with Crippen molar-refractivity contribution in [2.24, 2.45) is 0 Å². The number of hydrogen-bond donors (Lipinski definition) is 2.